The van der Waals surface area contributed by atoms with Crippen LogP contribution in [0.3, 0.4) is 0 Å². The van der Waals surface area contributed by atoms with Crippen LogP contribution in [0, 0.1) is 16.7 Å². The van der Waals surface area contributed by atoms with Crippen molar-refractivity contribution >= 4 is 12.0 Å². The van der Waals surface area contributed by atoms with E-state index in [1.165, 1.54) is 0 Å². The monoisotopic (exact) mass is 96.0 g/mol. The maximum absolute atomic E-state index is 9.95. The molecular formula is C4H4N2O. The Morgan fingerprint density at radius 3 is 2.71 bits per heavy atom. The van der Waals surface area contributed by atoms with Crippen molar-refractivity contribution in [3.63, 3.8) is 0 Å². The van der Waals surface area contributed by atoms with Gasteiger partial charge in [-0.15, -0.1) is 0 Å². The van der Waals surface area contributed by atoms with Crippen LogP contribution in [0.4, 0.5) is 0 Å². The summed E-state index contributed by atoms with van der Waals surface area (Å²) in [6.45, 7) is 0. The summed E-state index contributed by atoms with van der Waals surface area (Å²) in [4.78, 5) is 9.95. The van der Waals surface area contributed by atoms with Crippen LogP contribution in [0.2, 0.25) is 0 Å². The number of rotatable bonds is 2. The van der Waals surface area contributed by atoms with Crippen LogP contribution in [0.1, 0.15) is 6.42 Å². The first-order valence-electron chi connectivity index (χ1n) is 1.71. The molecule has 0 spiro atoms. The van der Waals surface area contributed by atoms with Gasteiger partial charge in [-0.1, -0.05) is 0 Å². The minimum atomic E-state index is -0.442. The van der Waals surface area contributed by atoms with Crippen molar-refractivity contribution in [1.82, 2.24) is 0 Å². The third-order valence-electron chi connectivity index (χ3n) is 0.414. The fourth-order valence-corrected chi connectivity index (χ4v) is 0.129. The molecule has 0 aliphatic rings. The maximum atomic E-state index is 9.95. The topological polar surface area (TPSA) is 64.7 Å². The van der Waals surface area contributed by atoms with Gasteiger partial charge in [-0.2, -0.15) is 5.26 Å². The number of nitrogens with one attached hydrogen (secondary N) is 1. The first-order chi connectivity index (χ1) is 3.31. The summed E-state index contributed by atoms with van der Waals surface area (Å²) >= 11 is 0. The van der Waals surface area contributed by atoms with E-state index in [2.05, 4.69) is 0 Å². The largest absolute Gasteiger partial charge is 0.305 e. The maximum Gasteiger partial charge on any atom is 0.187 e. The number of ketones is 1. The Kier molecular flexibility index (Phi) is 2.53. The molecule has 0 aliphatic heterocycles. The van der Waals surface area contributed by atoms with Gasteiger partial charge in [0.2, 0.25) is 0 Å². The van der Waals surface area contributed by atoms with E-state index in [1.54, 1.807) is 6.07 Å². The average Bonchev–Trinajstić information content (AvgIpc) is 1.68. The smallest absolute Gasteiger partial charge is 0.187 e. The molecule has 0 unspecified atom stereocenters. The van der Waals surface area contributed by atoms with Gasteiger partial charge in [-0.3, -0.25) is 4.79 Å². The van der Waals surface area contributed by atoms with Crippen LogP contribution >= 0.6 is 0 Å². The normalized spacial score (nSPS) is 6.71. The van der Waals surface area contributed by atoms with E-state index >= 15 is 0 Å². The molecule has 0 heterocycles. The highest BCUT2D eigenvalue weighted by Crippen LogP contribution is 1.71. The molecule has 0 aromatic carbocycles. The zero-order chi connectivity index (χ0) is 5.70. The Balaban J connectivity index is 3.42. The number of carbonyl (C=O) groups excluding carboxylic acids is 1. The molecule has 1 N–H and O–H groups in total. The minimum absolute atomic E-state index is 0.177. The van der Waals surface area contributed by atoms with Gasteiger partial charge in [0.25, 0.3) is 0 Å². The number of nitrogens with zero attached hydrogens (tertiary/aromatic N) is 1. The fourth-order valence-electron chi connectivity index (χ4n) is 0.129. The molecule has 0 fully saturated rings. The first kappa shape index (κ1) is 5.83. The lowest BCUT2D eigenvalue weighted by molar-refractivity contribution is -0.111. The van der Waals surface area contributed by atoms with Crippen LogP contribution < -0.4 is 0 Å². The van der Waals surface area contributed by atoms with Crippen molar-refractivity contribution in [2.45, 2.75) is 6.42 Å². The molecule has 3 nitrogen and oxygen atoms in total. The van der Waals surface area contributed by atoms with Gasteiger partial charge >= 0.3 is 0 Å². The molecule has 0 atom stereocenters. The van der Waals surface area contributed by atoms with Crippen LogP contribution in [0.25, 0.3) is 0 Å². The summed E-state index contributed by atoms with van der Waals surface area (Å²) in [7, 11) is 0. The number of Topliss-reactive ketones (excluding diaryl/α,β-unsaturated/α-hetero) is 1. The standard InChI is InChI=1S/C4H4N2O/c5-2-1-4(7)3-6/h3,6H,1H2. The Labute approximate surface area is 41.1 Å². The average molecular weight is 96.1 g/mol. The summed E-state index contributed by atoms with van der Waals surface area (Å²) in [5, 5.41) is 14.1. The molecule has 0 saturated heterocycles. The summed E-state index contributed by atoms with van der Waals surface area (Å²) in [5.74, 6) is -0.442. The van der Waals surface area contributed by atoms with E-state index in [-0.39, 0.29) is 6.42 Å². The lowest BCUT2D eigenvalue weighted by Crippen LogP contribution is -1.93. The zero-order valence-corrected chi connectivity index (χ0v) is 3.64. The summed E-state index contributed by atoms with van der Waals surface area (Å²) in [6.07, 6.45) is 0.465. The van der Waals surface area contributed by atoms with E-state index in [4.69, 9.17) is 10.7 Å². The second-order valence-electron chi connectivity index (χ2n) is 0.946. The first-order valence-corrected chi connectivity index (χ1v) is 1.71. The summed E-state index contributed by atoms with van der Waals surface area (Å²) < 4.78 is 0. The molecule has 3 heteroatoms. The second-order valence-corrected chi connectivity index (χ2v) is 0.946. The molecule has 0 radical (unpaired) electrons. The SMILES string of the molecule is N#CCC(=O)C=N. The Bertz CT molecular complexity index is 122. The highest BCUT2D eigenvalue weighted by atomic mass is 16.1. The van der Waals surface area contributed by atoms with Crippen LogP contribution in [0.15, 0.2) is 0 Å². The molecule has 0 rings (SSSR count). The van der Waals surface area contributed by atoms with Crippen molar-refractivity contribution < 1.29 is 4.79 Å². The summed E-state index contributed by atoms with van der Waals surface area (Å²) in [6, 6.07) is 1.62. The number of hydrogen-bond donors (Lipinski definition) is 1. The molecule has 0 aromatic heterocycles. The Morgan fingerprint density at radius 1 is 2.00 bits per heavy atom. The van der Waals surface area contributed by atoms with Crippen molar-refractivity contribution in [2.75, 3.05) is 0 Å². The molecule has 7 heavy (non-hydrogen) atoms. The predicted molar refractivity (Wildman–Crippen MR) is 24.0 cm³/mol. The van der Waals surface area contributed by atoms with Gasteiger partial charge in [0.05, 0.1) is 18.7 Å². The Morgan fingerprint density at radius 2 is 2.57 bits per heavy atom. The second kappa shape index (κ2) is 3.04. The molecular weight excluding hydrogens is 92.1 g/mol. The lowest BCUT2D eigenvalue weighted by Gasteiger charge is -1.72. The van der Waals surface area contributed by atoms with Crippen molar-refractivity contribution in [3.8, 4) is 6.07 Å². The third-order valence-corrected chi connectivity index (χ3v) is 0.414. The molecule has 0 saturated carbocycles. The molecule has 0 bridgehead atoms. The highest BCUT2D eigenvalue weighted by molar-refractivity contribution is 6.26. The molecule has 0 aliphatic carbocycles. The van der Waals surface area contributed by atoms with Crippen LogP contribution in [0.5, 0.6) is 0 Å². The van der Waals surface area contributed by atoms with Gasteiger partial charge < -0.3 is 5.41 Å². The van der Waals surface area contributed by atoms with Gasteiger partial charge in [0, 0.05) is 0 Å². The molecule has 0 aromatic rings. The summed E-state index contributed by atoms with van der Waals surface area (Å²) in [5.41, 5.74) is 0. The highest BCUT2D eigenvalue weighted by Gasteiger charge is 1.89. The van der Waals surface area contributed by atoms with E-state index < -0.39 is 5.78 Å². The van der Waals surface area contributed by atoms with Crippen molar-refractivity contribution in [1.29, 1.82) is 10.7 Å². The van der Waals surface area contributed by atoms with Crippen LogP contribution in [-0.2, 0) is 4.79 Å². The lowest BCUT2D eigenvalue weighted by atomic mass is 10.3. The van der Waals surface area contributed by atoms with E-state index in [1.807, 2.05) is 0 Å². The van der Waals surface area contributed by atoms with Gasteiger partial charge in [0.1, 0.15) is 0 Å². The third kappa shape index (κ3) is 2.64. The van der Waals surface area contributed by atoms with Gasteiger partial charge in [-0.05, 0) is 0 Å². The number of carbonyl (C=O) groups is 1. The quantitative estimate of drug-likeness (QED) is 0.496. The van der Waals surface area contributed by atoms with E-state index in [9.17, 15) is 4.79 Å². The number of hydrogen-bond acceptors (Lipinski definition) is 3. The minimum Gasteiger partial charge on any atom is -0.305 e. The predicted octanol–water partition coefficient (Wildman–Crippen LogP) is 0.119. The molecule has 0 amide bonds. The van der Waals surface area contributed by atoms with Crippen molar-refractivity contribution in [2.24, 2.45) is 0 Å². The zero-order valence-electron chi connectivity index (χ0n) is 3.64. The van der Waals surface area contributed by atoms with Gasteiger partial charge in [-0.25, -0.2) is 0 Å². The van der Waals surface area contributed by atoms with Crippen LogP contribution in [-0.4, -0.2) is 12.0 Å². The van der Waals surface area contributed by atoms with Gasteiger partial charge in [0.15, 0.2) is 5.78 Å². The number of nitriles is 1. The van der Waals surface area contributed by atoms with E-state index in [0.717, 1.165) is 0 Å². The fraction of sp³-hybridized carbons (Fsp3) is 0.250. The van der Waals surface area contributed by atoms with E-state index in [0.29, 0.717) is 6.21 Å². The Hall–Kier alpha value is -1.17. The van der Waals surface area contributed by atoms with Crippen molar-refractivity contribution in [3.05, 3.63) is 0 Å². The molecule has 36 valence electrons.